The Balaban J connectivity index is 1.68. The van der Waals surface area contributed by atoms with Crippen LogP contribution in [0.1, 0.15) is 20.8 Å². The summed E-state index contributed by atoms with van der Waals surface area (Å²) in [6, 6.07) is 6.39. The number of anilines is 1. The van der Waals surface area contributed by atoms with E-state index < -0.39 is 0 Å². The molecule has 6 heteroatoms. The Morgan fingerprint density at radius 1 is 1.19 bits per heavy atom. The molecule has 0 N–H and O–H groups in total. The maximum Gasteiger partial charge on any atom is 0.267 e. The Kier molecular flexibility index (Phi) is 3.88. The van der Waals surface area contributed by atoms with Gasteiger partial charge in [-0.15, -0.1) is 5.10 Å². The molecular weight excluding hydrogens is 284 g/mol. The molecule has 2 aromatic rings. The number of aromatic nitrogens is 2. The first kappa shape index (κ1) is 14.0. The van der Waals surface area contributed by atoms with Crippen LogP contribution in [-0.2, 0) is 0 Å². The molecule has 0 spiro atoms. The molecular formula is C15H18N4OS. The highest BCUT2D eigenvalue weighted by molar-refractivity contribution is 7.07. The van der Waals surface area contributed by atoms with Crippen molar-refractivity contribution in [2.24, 2.45) is 0 Å². The molecule has 5 nitrogen and oxygen atoms in total. The molecule has 21 heavy (non-hydrogen) atoms. The van der Waals surface area contributed by atoms with Crippen LogP contribution in [-0.4, -0.2) is 46.6 Å². The van der Waals surface area contributed by atoms with E-state index in [2.05, 4.69) is 46.5 Å². The summed E-state index contributed by atoms with van der Waals surface area (Å²) in [5.74, 6) is 0.0469. The Labute approximate surface area is 128 Å². The minimum atomic E-state index is 0.0469. The first-order valence-electron chi connectivity index (χ1n) is 7.04. The number of hydrogen-bond donors (Lipinski definition) is 0. The largest absolute Gasteiger partial charge is 0.368 e. The van der Waals surface area contributed by atoms with Gasteiger partial charge in [0, 0.05) is 31.9 Å². The highest BCUT2D eigenvalue weighted by Crippen LogP contribution is 2.24. The van der Waals surface area contributed by atoms with E-state index in [1.807, 2.05) is 4.90 Å². The maximum absolute atomic E-state index is 12.3. The quantitative estimate of drug-likeness (QED) is 0.852. The van der Waals surface area contributed by atoms with Crippen LogP contribution in [0.15, 0.2) is 24.4 Å². The number of amides is 1. The average Bonchev–Trinajstić information content (AvgIpc) is 3.04. The predicted molar refractivity (Wildman–Crippen MR) is 83.9 cm³/mol. The molecule has 0 saturated carbocycles. The van der Waals surface area contributed by atoms with Crippen LogP contribution in [0.5, 0.6) is 0 Å². The van der Waals surface area contributed by atoms with Crippen LogP contribution in [0.25, 0.3) is 0 Å². The lowest BCUT2D eigenvalue weighted by Crippen LogP contribution is -2.48. The molecule has 1 aromatic carbocycles. The summed E-state index contributed by atoms with van der Waals surface area (Å²) < 4.78 is 3.76. The van der Waals surface area contributed by atoms with E-state index in [9.17, 15) is 4.79 Å². The van der Waals surface area contributed by atoms with Gasteiger partial charge < -0.3 is 9.80 Å². The Morgan fingerprint density at radius 3 is 2.62 bits per heavy atom. The smallest absolute Gasteiger partial charge is 0.267 e. The van der Waals surface area contributed by atoms with E-state index >= 15 is 0 Å². The molecule has 1 amide bonds. The number of nitrogens with zero attached hydrogens (tertiary/aromatic N) is 4. The van der Waals surface area contributed by atoms with Crippen LogP contribution < -0.4 is 4.90 Å². The van der Waals surface area contributed by atoms with Crippen molar-refractivity contribution in [2.45, 2.75) is 13.8 Å². The van der Waals surface area contributed by atoms with Gasteiger partial charge in [-0.3, -0.25) is 4.79 Å². The van der Waals surface area contributed by atoms with Gasteiger partial charge in [0.1, 0.15) is 4.88 Å². The van der Waals surface area contributed by atoms with Crippen molar-refractivity contribution in [1.82, 2.24) is 14.5 Å². The average molecular weight is 302 g/mol. The van der Waals surface area contributed by atoms with Crippen molar-refractivity contribution < 1.29 is 4.79 Å². The summed E-state index contributed by atoms with van der Waals surface area (Å²) >= 11 is 1.16. The third-order valence-electron chi connectivity index (χ3n) is 4.06. The molecule has 0 aliphatic carbocycles. The number of carbonyl (C=O) groups is 1. The Hall–Kier alpha value is -1.95. The van der Waals surface area contributed by atoms with Gasteiger partial charge in [-0.25, -0.2) is 0 Å². The molecule has 0 radical (unpaired) electrons. The van der Waals surface area contributed by atoms with Crippen LogP contribution in [0.2, 0.25) is 0 Å². The zero-order chi connectivity index (χ0) is 14.8. The number of aryl methyl sites for hydroxylation is 1. The topological polar surface area (TPSA) is 49.3 Å². The van der Waals surface area contributed by atoms with Crippen molar-refractivity contribution in [3.63, 3.8) is 0 Å². The fourth-order valence-corrected chi connectivity index (χ4v) is 3.13. The second-order valence-electron chi connectivity index (χ2n) is 5.28. The van der Waals surface area contributed by atoms with E-state index in [1.54, 1.807) is 6.20 Å². The minimum absolute atomic E-state index is 0.0469. The van der Waals surface area contributed by atoms with Gasteiger partial charge in [0.05, 0.1) is 6.20 Å². The van der Waals surface area contributed by atoms with Crippen LogP contribution >= 0.6 is 11.5 Å². The summed E-state index contributed by atoms with van der Waals surface area (Å²) in [5, 5.41) is 3.73. The number of rotatable bonds is 2. The molecule has 0 bridgehead atoms. The van der Waals surface area contributed by atoms with E-state index in [1.165, 1.54) is 16.8 Å². The number of carbonyl (C=O) groups excluding carboxylic acids is 1. The summed E-state index contributed by atoms with van der Waals surface area (Å²) in [5.41, 5.74) is 3.91. The normalized spacial score (nSPS) is 15.3. The van der Waals surface area contributed by atoms with Crippen molar-refractivity contribution in [3.05, 3.63) is 40.4 Å². The molecule has 3 rings (SSSR count). The van der Waals surface area contributed by atoms with Crippen LogP contribution in [0.4, 0.5) is 5.69 Å². The van der Waals surface area contributed by atoms with Gasteiger partial charge in [-0.05, 0) is 42.6 Å². The summed E-state index contributed by atoms with van der Waals surface area (Å²) in [6.45, 7) is 7.50. The van der Waals surface area contributed by atoms with Crippen molar-refractivity contribution in [3.8, 4) is 0 Å². The lowest BCUT2D eigenvalue weighted by atomic mass is 10.1. The SMILES string of the molecule is Cc1cccc(N2CCN(C(=O)c3cnns3)CC2)c1C. The van der Waals surface area contributed by atoms with E-state index in [0.717, 1.165) is 37.7 Å². The van der Waals surface area contributed by atoms with Crippen molar-refractivity contribution in [1.29, 1.82) is 0 Å². The second-order valence-corrected chi connectivity index (χ2v) is 6.07. The monoisotopic (exact) mass is 302 g/mol. The number of piperazine rings is 1. The molecule has 1 saturated heterocycles. The van der Waals surface area contributed by atoms with Crippen molar-refractivity contribution >= 4 is 23.1 Å². The molecule has 1 aromatic heterocycles. The summed E-state index contributed by atoms with van der Waals surface area (Å²) in [7, 11) is 0. The van der Waals surface area contributed by atoms with Crippen LogP contribution in [0, 0.1) is 13.8 Å². The standard InChI is InChI=1S/C15H18N4OS/c1-11-4-3-5-13(12(11)2)18-6-8-19(9-7-18)15(20)14-10-16-17-21-14/h3-5,10H,6-9H2,1-2H3. The predicted octanol–water partition coefficient (Wildman–Crippen LogP) is 2.12. The molecule has 110 valence electrons. The van der Waals surface area contributed by atoms with Crippen molar-refractivity contribution in [2.75, 3.05) is 31.1 Å². The Bertz CT molecular complexity index is 633. The zero-order valence-electron chi connectivity index (χ0n) is 12.2. The van der Waals surface area contributed by atoms with Gasteiger partial charge in [0.15, 0.2) is 0 Å². The van der Waals surface area contributed by atoms with Gasteiger partial charge >= 0.3 is 0 Å². The highest BCUT2D eigenvalue weighted by atomic mass is 32.1. The third-order valence-corrected chi connectivity index (χ3v) is 4.71. The van der Waals surface area contributed by atoms with E-state index in [4.69, 9.17) is 0 Å². The third kappa shape index (κ3) is 2.76. The van der Waals surface area contributed by atoms with E-state index in [0.29, 0.717) is 4.88 Å². The lowest BCUT2D eigenvalue weighted by Gasteiger charge is -2.36. The second kappa shape index (κ2) is 5.81. The lowest BCUT2D eigenvalue weighted by molar-refractivity contribution is 0.0751. The fourth-order valence-electron chi connectivity index (χ4n) is 2.65. The maximum atomic E-state index is 12.3. The first-order valence-corrected chi connectivity index (χ1v) is 7.82. The van der Waals surface area contributed by atoms with Gasteiger partial charge in [0.2, 0.25) is 0 Å². The van der Waals surface area contributed by atoms with Crippen LogP contribution in [0.3, 0.4) is 0 Å². The van der Waals surface area contributed by atoms with Gasteiger partial charge in [-0.2, -0.15) is 0 Å². The number of hydrogen-bond acceptors (Lipinski definition) is 5. The molecule has 0 unspecified atom stereocenters. The van der Waals surface area contributed by atoms with E-state index in [-0.39, 0.29) is 5.91 Å². The van der Waals surface area contributed by atoms with Gasteiger partial charge in [0.25, 0.3) is 5.91 Å². The molecule has 2 heterocycles. The minimum Gasteiger partial charge on any atom is -0.368 e. The number of benzene rings is 1. The fraction of sp³-hybridized carbons (Fsp3) is 0.400. The summed E-state index contributed by atoms with van der Waals surface area (Å²) in [4.78, 5) is 17.1. The molecule has 0 atom stereocenters. The molecule has 1 aliphatic heterocycles. The zero-order valence-corrected chi connectivity index (χ0v) is 13.1. The molecule has 1 aliphatic rings. The molecule has 1 fully saturated rings. The van der Waals surface area contributed by atoms with Gasteiger partial charge in [-0.1, -0.05) is 16.6 Å². The first-order chi connectivity index (χ1) is 10.2. The summed E-state index contributed by atoms with van der Waals surface area (Å²) in [6.07, 6.45) is 1.55. The highest BCUT2D eigenvalue weighted by Gasteiger charge is 2.24. The Morgan fingerprint density at radius 2 is 1.95 bits per heavy atom.